The highest BCUT2D eigenvalue weighted by Crippen LogP contribution is 2.44. The van der Waals surface area contributed by atoms with Gasteiger partial charge in [-0.2, -0.15) is 0 Å². The lowest BCUT2D eigenvalue weighted by molar-refractivity contribution is -0.130. The van der Waals surface area contributed by atoms with Crippen LogP contribution in [0.25, 0.3) is 10.4 Å². The minimum absolute atomic E-state index is 0.00539. The molecule has 0 aromatic heterocycles. The molecular formula is C34H32F2N6O5. The van der Waals surface area contributed by atoms with Gasteiger partial charge in [0.1, 0.15) is 23.1 Å². The Kier molecular flexibility index (Phi) is 10.6. The van der Waals surface area contributed by atoms with Crippen molar-refractivity contribution in [3.63, 3.8) is 0 Å². The van der Waals surface area contributed by atoms with Gasteiger partial charge in [-0.3, -0.25) is 10.2 Å². The van der Waals surface area contributed by atoms with Crippen LogP contribution in [0.2, 0.25) is 0 Å². The molecule has 0 spiro atoms. The standard InChI is InChI=1S/C34H32F2N6O5/c1-45-26-9-4-8-23(19-26)31-34(20-24-7-2-3-12-30(24)40-42-37,33(44)41-38-21-27-28(35)10-5-11-29(27)36)39-32(47-31)22-13-15-25(16-14-22)46-18-6-17-43/h2-5,7-16,19,31,38,43H,6,17-18,20-21H2,1H3,(H,41,44)/t31-,34-/m0/s1. The smallest absolute Gasteiger partial charge is 0.266 e. The molecule has 47 heavy (non-hydrogen) atoms. The predicted molar refractivity (Wildman–Crippen MR) is 170 cm³/mol. The zero-order valence-electron chi connectivity index (χ0n) is 25.4. The van der Waals surface area contributed by atoms with Crippen LogP contribution in [0.3, 0.4) is 0 Å². The van der Waals surface area contributed by atoms with E-state index in [1.165, 1.54) is 13.2 Å². The molecule has 13 heteroatoms. The minimum atomic E-state index is -1.72. The number of hydrogen-bond donors (Lipinski definition) is 3. The summed E-state index contributed by atoms with van der Waals surface area (Å²) in [6, 6.07) is 24.2. The molecule has 4 aromatic carbocycles. The second kappa shape index (κ2) is 15.2. The maximum absolute atomic E-state index is 14.4. The highest BCUT2D eigenvalue weighted by molar-refractivity contribution is 6.01. The molecule has 0 aliphatic carbocycles. The number of ether oxygens (including phenoxy) is 3. The van der Waals surface area contributed by atoms with Crippen LogP contribution in [0.15, 0.2) is 101 Å². The summed E-state index contributed by atoms with van der Waals surface area (Å²) in [6.45, 7) is -0.0110. The van der Waals surface area contributed by atoms with E-state index in [-0.39, 0.29) is 31.0 Å². The van der Waals surface area contributed by atoms with Crippen LogP contribution in [0.1, 0.15) is 34.8 Å². The van der Waals surface area contributed by atoms with Crippen molar-refractivity contribution in [3.8, 4) is 11.5 Å². The summed E-state index contributed by atoms with van der Waals surface area (Å²) in [4.78, 5) is 22.2. The third-order valence-electron chi connectivity index (χ3n) is 7.56. The predicted octanol–water partition coefficient (Wildman–Crippen LogP) is 6.00. The highest BCUT2D eigenvalue weighted by atomic mass is 19.1. The fraction of sp³-hybridized carbons (Fsp3) is 0.235. The zero-order valence-corrected chi connectivity index (χ0v) is 25.4. The SMILES string of the molecule is COc1cccc([C@@H]2OC(c3ccc(OCCCO)cc3)=N[C@]2(Cc2ccccc2N=[N+]=[N-])C(=O)NNCc2c(F)cccc2F)c1. The van der Waals surface area contributed by atoms with Crippen molar-refractivity contribution >= 4 is 17.5 Å². The lowest BCUT2D eigenvalue weighted by Crippen LogP contribution is -2.53. The molecule has 11 nitrogen and oxygen atoms in total. The lowest BCUT2D eigenvalue weighted by Gasteiger charge is -2.31. The number of halogens is 2. The molecule has 5 rings (SSSR count). The average Bonchev–Trinajstić information content (AvgIpc) is 3.48. The first-order valence-corrected chi connectivity index (χ1v) is 14.7. The summed E-state index contributed by atoms with van der Waals surface area (Å²) in [5.41, 5.74) is 14.4. The molecule has 1 heterocycles. The van der Waals surface area contributed by atoms with Crippen molar-refractivity contribution in [2.45, 2.75) is 31.0 Å². The third kappa shape index (κ3) is 7.50. The number of hydrazine groups is 1. The first-order chi connectivity index (χ1) is 22.9. The topological polar surface area (TPSA) is 150 Å². The summed E-state index contributed by atoms with van der Waals surface area (Å²) in [5, 5.41) is 12.9. The molecule has 1 amide bonds. The molecule has 1 aliphatic rings. The van der Waals surface area contributed by atoms with Crippen LogP contribution < -0.4 is 20.3 Å². The number of aliphatic hydroxyl groups excluding tert-OH is 1. The van der Waals surface area contributed by atoms with Gasteiger partial charge in [0.25, 0.3) is 5.91 Å². The van der Waals surface area contributed by atoms with E-state index in [2.05, 4.69) is 20.9 Å². The maximum atomic E-state index is 14.4. The number of hydrogen-bond acceptors (Lipinski definition) is 8. The Hall–Kier alpha value is -5.49. The third-order valence-corrected chi connectivity index (χ3v) is 7.56. The average molecular weight is 643 g/mol. The Balaban J connectivity index is 1.58. The number of carbonyl (C=O) groups excluding carboxylic acids is 1. The van der Waals surface area contributed by atoms with Crippen LogP contribution >= 0.6 is 0 Å². The zero-order chi connectivity index (χ0) is 33.2. The second-order valence-corrected chi connectivity index (χ2v) is 10.6. The van der Waals surface area contributed by atoms with Gasteiger partial charge in [-0.1, -0.05) is 47.6 Å². The van der Waals surface area contributed by atoms with Crippen LogP contribution in [0, 0.1) is 11.6 Å². The van der Waals surface area contributed by atoms with E-state index in [4.69, 9.17) is 24.3 Å². The fourth-order valence-corrected chi connectivity index (χ4v) is 5.21. The molecule has 0 unspecified atom stereocenters. The van der Waals surface area contributed by atoms with Crippen LogP contribution in [0.5, 0.6) is 11.5 Å². The monoisotopic (exact) mass is 642 g/mol. The summed E-state index contributed by atoms with van der Waals surface area (Å²) in [7, 11) is 1.52. The highest BCUT2D eigenvalue weighted by Gasteiger charge is 2.53. The summed E-state index contributed by atoms with van der Waals surface area (Å²) >= 11 is 0. The Labute approximate surface area is 269 Å². The van der Waals surface area contributed by atoms with Gasteiger partial charge in [-0.05, 0) is 65.2 Å². The van der Waals surface area contributed by atoms with Gasteiger partial charge in [0, 0.05) is 47.7 Å². The molecule has 0 fully saturated rings. The number of azide groups is 1. The largest absolute Gasteiger partial charge is 0.497 e. The Morgan fingerprint density at radius 2 is 1.79 bits per heavy atom. The number of aliphatic hydroxyl groups is 1. The van der Waals surface area contributed by atoms with Gasteiger partial charge in [0.15, 0.2) is 11.6 Å². The fourth-order valence-electron chi connectivity index (χ4n) is 5.21. The lowest BCUT2D eigenvalue weighted by atomic mass is 9.81. The van der Waals surface area contributed by atoms with Gasteiger partial charge >= 0.3 is 0 Å². The molecule has 0 saturated heterocycles. The van der Waals surface area contributed by atoms with E-state index in [0.29, 0.717) is 46.9 Å². The Morgan fingerprint density at radius 3 is 2.51 bits per heavy atom. The molecular weight excluding hydrogens is 610 g/mol. The molecule has 0 saturated carbocycles. The number of nitrogens with zero attached hydrogens (tertiary/aromatic N) is 4. The number of benzene rings is 4. The quantitative estimate of drug-likeness (QED) is 0.0505. The number of nitrogens with one attached hydrogen (secondary N) is 2. The van der Waals surface area contributed by atoms with Crippen molar-refractivity contribution in [1.29, 1.82) is 0 Å². The number of amides is 1. The Morgan fingerprint density at radius 1 is 1.04 bits per heavy atom. The van der Waals surface area contributed by atoms with Crippen molar-refractivity contribution < 1.29 is 32.9 Å². The molecule has 0 bridgehead atoms. The van der Waals surface area contributed by atoms with Crippen molar-refractivity contribution in [2.24, 2.45) is 10.1 Å². The van der Waals surface area contributed by atoms with Crippen LogP contribution in [-0.2, 0) is 22.5 Å². The number of rotatable bonds is 14. The first-order valence-electron chi connectivity index (χ1n) is 14.7. The minimum Gasteiger partial charge on any atom is -0.497 e. The van der Waals surface area contributed by atoms with Crippen LogP contribution in [-0.4, -0.2) is 42.8 Å². The van der Waals surface area contributed by atoms with E-state index in [1.54, 1.807) is 72.8 Å². The summed E-state index contributed by atoms with van der Waals surface area (Å²) in [6.07, 6.45) is -0.636. The van der Waals surface area contributed by atoms with E-state index in [0.717, 1.165) is 12.1 Å². The normalized spacial score (nSPS) is 16.9. The molecule has 4 aromatic rings. The van der Waals surface area contributed by atoms with Crippen LogP contribution in [0.4, 0.5) is 14.5 Å². The van der Waals surface area contributed by atoms with Gasteiger partial charge in [0.2, 0.25) is 5.90 Å². The molecule has 0 radical (unpaired) electrons. The first kappa shape index (κ1) is 32.9. The Bertz CT molecular complexity index is 1780. The number of methoxy groups -OCH3 is 1. The van der Waals surface area contributed by atoms with E-state index < -0.39 is 29.2 Å². The van der Waals surface area contributed by atoms with Crippen molar-refractivity contribution in [1.82, 2.24) is 10.9 Å². The van der Waals surface area contributed by atoms with Gasteiger partial charge < -0.3 is 19.3 Å². The van der Waals surface area contributed by atoms with Crippen molar-refractivity contribution in [3.05, 3.63) is 135 Å². The van der Waals surface area contributed by atoms with Gasteiger partial charge in [0.05, 0.1) is 13.7 Å². The van der Waals surface area contributed by atoms with E-state index >= 15 is 0 Å². The molecule has 1 aliphatic heterocycles. The molecule has 3 N–H and O–H groups in total. The number of carbonyl (C=O) groups is 1. The molecule has 2 atom stereocenters. The second-order valence-electron chi connectivity index (χ2n) is 10.6. The molecule has 242 valence electrons. The van der Waals surface area contributed by atoms with Gasteiger partial charge in [-0.15, -0.1) is 0 Å². The summed E-state index contributed by atoms with van der Waals surface area (Å²) < 4.78 is 46.3. The summed E-state index contributed by atoms with van der Waals surface area (Å²) in [5.74, 6) is -0.976. The number of aliphatic imine (C=N–C) groups is 1. The van der Waals surface area contributed by atoms with Gasteiger partial charge in [-0.25, -0.2) is 19.2 Å². The maximum Gasteiger partial charge on any atom is 0.266 e. The van der Waals surface area contributed by atoms with Crippen molar-refractivity contribution in [2.75, 3.05) is 20.3 Å². The van der Waals surface area contributed by atoms with E-state index in [1.807, 2.05) is 0 Å². The van der Waals surface area contributed by atoms with E-state index in [9.17, 15) is 19.1 Å².